The summed E-state index contributed by atoms with van der Waals surface area (Å²) >= 11 is 16.3. The first kappa shape index (κ1) is 10.6. The summed E-state index contributed by atoms with van der Waals surface area (Å²) in [6, 6.07) is 4.45. The smallest absolute Gasteiger partial charge is 0.336 e. The molecule has 0 aliphatic rings. The average molecular weight is 239 g/mol. The standard InChI is InChI=1S/C8H5Cl3O2/c9-8(10,11)5-4-6-2-1-3-7(12)13-6/h1-5H/b5-4+. The van der Waals surface area contributed by atoms with E-state index in [0.717, 1.165) is 0 Å². The fraction of sp³-hybridized carbons (Fsp3) is 0.125. The summed E-state index contributed by atoms with van der Waals surface area (Å²) in [5.41, 5.74) is -0.438. The summed E-state index contributed by atoms with van der Waals surface area (Å²) in [4.78, 5) is 10.7. The third-order valence-electron chi connectivity index (χ3n) is 1.15. The fourth-order valence-corrected chi connectivity index (χ4v) is 0.861. The highest BCUT2D eigenvalue weighted by Crippen LogP contribution is 2.28. The van der Waals surface area contributed by atoms with Crippen molar-refractivity contribution in [1.82, 2.24) is 0 Å². The van der Waals surface area contributed by atoms with Crippen LogP contribution >= 0.6 is 34.8 Å². The Bertz CT molecular complexity index is 362. The first-order valence-electron chi connectivity index (χ1n) is 3.33. The number of alkyl halides is 3. The zero-order chi connectivity index (χ0) is 9.90. The van der Waals surface area contributed by atoms with Crippen LogP contribution in [-0.2, 0) is 0 Å². The predicted octanol–water partition coefficient (Wildman–Crippen LogP) is 3.02. The molecule has 0 aliphatic heterocycles. The van der Waals surface area contributed by atoms with Gasteiger partial charge in [0, 0.05) is 6.07 Å². The van der Waals surface area contributed by atoms with Crippen LogP contribution in [0, 0.1) is 0 Å². The van der Waals surface area contributed by atoms with Gasteiger partial charge in [-0.2, -0.15) is 0 Å². The van der Waals surface area contributed by atoms with Crippen molar-refractivity contribution in [1.29, 1.82) is 0 Å². The fourth-order valence-electron chi connectivity index (χ4n) is 0.672. The molecule has 0 atom stereocenters. The minimum absolute atomic E-state index is 0.346. The van der Waals surface area contributed by atoms with Crippen molar-refractivity contribution in [3.63, 3.8) is 0 Å². The number of rotatable bonds is 1. The van der Waals surface area contributed by atoms with Crippen molar-refractivity contribution in [2.75, 3.05) is 0 Å². The lowest BCUT2D eigenvalue weighted by molar-refractivity contribution is 0.501. The second kappa shape index (κ2) is 4.18. The van der Waals surface area contributed by atoms with Crippen LogP contribution in [0.1, 0.15) is 5.76 Å². The molecule has 1 aromatic rings. The molecule has 0 aliphatic carbocycles. The first-order chi connectivity index (χ1) is 5.97. The molecule has 2 nitrogen and oxygen atoms in total. The largest absolute Gasteiger partial charge is 0.423 e. The molecule has 0 unspecified atom stereocenters. The zero-order valence-electron chi connectivity index (χ0n) is 6.34. The monoisotopic (exact) mass is 238 g/mol. The quantitative estimate of drug-likeness (QED) is 0.705. The van der Waals surface area contributed by atoms with Gasteiger partial charge in [-0.15, -0.1) is 0 Å². The van der Waals surface area contributed by atoms with E-state index in [9.17, 15) is 4.79 Å². The molecular weight excluding hydrogens is 234 g/mol. The summed E-state index contributed by atoms with van der Waals surface area (Å²) in [6.45, 7) is 0. The Morgan fingerprint density at radius 3 is 2.54 bits per heavy atom. The molecule has 0 bridgehead atoms. The van der Waals surface area contributed by atoms with Crippen LogP contribution in [-0.4, -0.2) is 3.79 Å². The Morgan fingerprint density at radius 1 is 1.31 bits per heavy atom. The highest BCUT2D eigenvalue weighted by atomic mass is 35.6. The van der Waals surface area contributed by atoms with Crippen LogP contribution in [0.5, 0.6) is 0 Å². The third-order valence-corrected chi connectivity index (χ3v) is 1.53. The summed E-state index contributed by atoms with van der Waals surface area (Å²) in [7, 11) is 0. The van der Waals surface area contributed by atoms with Crippen molar-refractivity contribution in [3.8, 4) is 0 Å². The number of halogens is 3. The number of hydrogen-bond donors (Lipinski definition) is 0. The van der Waals surface area contributed by atoms with Crippen LogP contribution in [0.3, 0.4) is 0 Å². The molecule has 1 heterocycles. The molecule has 5 heteroatoms. The van der Waals surface area contributed by atoms with Gasteiger partial charge in [0.2, 0.25) is 3.79 Å². The molecule has 0 N–H and O–H groups in total. The van der Waals surface area contributed by atoms with E-state index in [1.807, 2.05) is 0 Å². The van der Waals surface area contributed by atoms with E-state index in [1.54, 1.807) is 12.1 Å². The average Bonchev–Trinajstić information content (AvgIpc) is 2.00. The van der Waals surface area contributed by atoms with Gasteiger partial charge >= 0.3 is 5.63 Å². The third kappa shape index (κ3) is 4.36. The topological polar surface area (TPSA) is 30.2 Å². The van der Waals surface area contributed by atoms with Gasteiger partial charge in [-0.1, -0.05) is 40.9 Å². The molecule has 1 rings (SSSR count). The lowest BCUT2D eigenvalue weighted by Gasteiger charge is -2.01. The maximum atomic E-state index is 10.7. The van der Waals surface area contributed by atoms with Crippen molar-refractivity contribution < 1.29 is 4.42 Å². The molecule has 13 heavy (non-hydrogen) atoms. The lowest BCUT2D eigenvalue weighted by Crippen LogP contribution is -1.97. The molecule has 0 spiro atoms. The number of allylic oxidation sites excluding steroid dienone is 1. The molecule has 0 fully saturated rings. The normalized spacial score (nSPS) is 12.2. The van der Waals surface area contributed by atoms with Gasteiger partial charge in [-0.3, -0.25) is 0 Å². The maximum Gasteiger partial charge on any atom is 0.336 e. The minimum Gasteiger partial charge on any atom is -0.423 e. The van der Waals surface area contributed by atoms with Gasteiger partial charge in [-0.05, 0) is 18.2 Å². The van der Waals surface area contributed by atoms with Crippen molar-refractivity contribution >= 4 is 40.9 Å². The zero-order valence-corrected chi connectivity index (χ0v) is 8.60. The Kier molecular flexibility index (Phi) is 3.42. The Balaban J connectivity index is 2.87. The van der Waals surface area contributed by atoms with Crippen LogP contribution in [0.2, 0.25) is 0 Å². The van der Waals surface area contributed by atoms with Gasteiger partial charge in [0.25, 0.3) is 0 Å². The summed E-state index contributed by atoms with van der Waals surface area (Å²) in [5, 5.41) is 0. The van der Waals surface area contributed by atoms with E-state index >= 15 is 0 Å². The lowest BCUT2D eigenvalue weighted by atomic mass is 10.3. The van der Waals surface area contributed by atoms with E-state index in [1.165, 1.54) is 18.2 Å². The van der Waals surface area contributed by atoms with Gasteiger partial charge in [0.15, 0.2) is 0 Å². The second-order valence-electron chi connectivity index (χ2n) is 2.22. The Hall–Kier alpha value is -0.440. The summed E-state index contributed by atoms with van der Waals surface area (Å²) < 4.78 is 3.28. The van der Waals surface area contributed by atoms with Crippen LogP contribution in [0.25, 0.3) is 6.08 Å². The van der Waals surface area contributed by atoms with Gasteiger partial charge in [-0.25, -0.2) is 4.79 Å². The molecule has 1 aromatic heterocycles. The van der Waals surface area contributed by atoms with Crippen molar-refractivity contribution in [2.45, 2.75) is 3.79 Å². The van der Waals surface area contributed by atoms with E-state index < -0.39 is 9.42 Å². The highest BCUT2D eigenvalue weighted by Gasteiger charge is 2.13. The van der Waals surface area contributed by atoms with Crippen LogP contribution in [0.15, 0.2) is 33.5 Å². The SMILES string of the molecule is O=c1cccc(/C=C/C(Cl)(Cl)Cl)o1. The van der Waals surface area contributed by atoms with Gasteiger partial charge in [0.1, 0.15) is 5.76 Å². The van der Waals surface area contributed by atoms with E-state index in [-0.39, 0.29) is 0 Å². The molecule has 0 aromatic carbocycles. The van der Waals surface area contributed by atoms with E-state index in [0.29, 0.717) is 5.76 Å². The van der Waals surface area contributed by atoms with E-state index in [2.05, 4.69) is 0 Å². The van der Waals surface area contributed by atoms with Crippen molar-refractivity contribution in [3.05, 3.63) is 40.5 Å². The first-order valence-corrected chi connectivity index (χ1v) is 4.47. The molecule has 0 saturated heterocycles. The second-order valence-corrected chi connectivity index (χ2v) is 4.59. The maximum absolute atomic E-state index is 10.7. The Labute approximate surface area is 89.7 Å². The molecule has 0 radical (unpaired) electrons. The molecule has 70 valence electrons. The molecule has 0 amide bonds. The van der Waals surface area contributed by atoms with Gasteiger partial charge in [0.05, 0.1) is 0 Å². The van der Waals surface area contributed by atoms with E-state index in [4.69, 9.17) is 39.2 Å². The minimum atomic E-state index is -1.48. The highest BCUT2D eigenvalue weighted by molar-refractivity contribution is 6.69. The van der Waals surface area contributed by atoms with Crippen LogP contribution < -0.4 is 5.63 Å². The Morgan fingerprint density at radius 2 is 2.00 bits per heavy atom. The predicted molar refractivity (Wildman–Crippen MR) is 54.3 cm³/mol. The summed E-state index contributed by atoms with van der Waals surface area (Å²) in [6.07, 6.45) is 2.73. The molecular formula is C8H5Cl3O2. The van der Waals surface area contributed by atoms with Crippen molar-refractivity contribution in [2.24, 2.45) is 0 Å². The van der Waals surface area contributed by atoms with Gasteiger partial charge < -0.3 is 4.42 Å². The van der Waals surface area contributed by atoms with Crippen LogP contribution in [0.4, 0.5) is 0 Å². The number of hydrogen-bond acceptors (Lipinski definition) is 2. The summed E-state index contributed by atoms with van der Waals surface area (Å²) in [5.74, 6) is 0.346. The molecule has 0 saturated carbocycles.